The fourth-order valence-corrected chi connectivity index (χ4v) is 19.4. The van der Waals surface area contributed by atoms with Gasteiger partial charge in [0.2, 0.25) is 6.29 Å². The molecular weight excluding hydrogens is 1400 g/mol. The van der Waals surface area contributed by atoms with Crippen LogP contribution in [0.1, 0.15) is 145 Å². The molecule has 1 aromatic carbocycles. The second-order valence-electron chi connectivity index (χ2n) is 32.7. The van der Waals surface area contributed by atoms with Crippen molar-refractivity contribution in [1.29, 1.82) is 0 Å². The summed E-state index contributed by atoms with van der Waals surface area (Å²) >= 11 is 0. The van der Waals surface area contributed by atoms with Crippen LogP contribution in [0.25, 0.3) is 6.08 Å². The number of unbranched alkanes of at least 4 members (excludes halogenated alkanes) is 1. The number of aldehydes is 1. The van der Waals surface area contributed by atoms with Crippen LogP contribution in [0.15, 0.2) is 42.0 Å². The lowest BCUT2D eigenvalue weighted by Gasteiger charge is -2.71. The van der Waals surface area contributed by atoms with Crippen LogP contribution in [0.4, 0.5) is 0 Å². The molecule has 4 saturated carbocycles. The molecule has 1 aromatic rings. The van der Waals surface area contributed by atoms with E-state index < -0.39 is 241 Å². The number of carbonyl (C=O) groups is 5. The summed E-state index contributed by atoms with van der Waals surface area (Å²) in [7, 11) is 1.51. The van der Waals surface area contributed by atoms with E-state index in [0.29, 0.717) is 62.7 Å². The van der Waals surface area contributed by atoms with Gasteiger partial charge >= 0.3 is 23.9 Å². The van der Waals surface area contributed by atoms with E-state index in [4.69, 9.17) is 66.3 Å². The number of aliphatic hydroxyl groups is 12. The second kappa shape index (κ2) is 32.1. The number of ether oxygens (including phenoxy) is 14. The van der Waals surface area contributed by atoms with Gasteiger partial charge in [-0.2, -0.15) is 0 Å². The zero-order chi connectivity index (χ0) is 77.2. The lowest BCUT2D eigenvalue weighted by molar-refractivity contribution is -0.392. The monoisotopic (exact) mass is 1510 g/mol. The number of hydrogen-bond acceptors (Lipinski definition) is 31. The summed E-state index contributed by atoms with van der Waals surface area (Å²) in [5, 5.41) is 134. The van der Waals surface area contributed by atoms with Gasteiger partial charge in [-0.05, 0) is 141 Å². The largest absolute Gasteiger partial charge is 0.497 e. The number of aliphatic hydroxyl groups excluding tert-OH is 12. The molecule has 106 heavy (non-hydrogen) atoms. The third kappa shape index (κ3) is 15.0. The van der Waals surface area contributed by atoms with Crippen LogP contribution in [0.5, 0.6) is 5.75 Å². The van der Waals surface area contributed by atoms with Crippen molar-refractivity contribution in [3.8, 4) is 5.75 Å². The van der Waals surface area contributed by atoms with Crippen LogP contribution in [0.2, 0.25) is 0 Å². The van der Waals surface area contributed by atoms with Crippen LogP contribution in [0.3, 0.4) is 0 Å². The molecule has 31 heteroatoms. The summed E-state index contributed by atoms with van der Waals surface area (Å²) in [6.45, 7) is 16.8. The van der Waals surface area contributed by atoms with Gasteiger partial charge in [0.25, 0.3) is 0 Å². The molecule has 11 rings (SSSR count). The van der Waals surface area contributed by atoms with E-state index in [1.165, 1.54) is 27.0 Å². The molecule has 0 amide bonds. The van der Waals surface area contributed by atoms with Gasteiger partial charge < -0.3 is 132 Å². The van der Waals surface area contributed by atoms with Gasteiger partial charge in [0.1, 0.15) is 96.8 Å². The molecule has 34 atom stereocenters. The molecule has 596 valence electrons. The Morgan fingerprint density at radius 2 is 1.26 bits per heavy atom. The van der Waals surface area contributed by atoms with Gasteiger partial charge in [0.15, 0.2) is 49.6 Å². The van der Waals surface area contributed by atoms with Gasteiger partial charge in [-0.15, -0.1) is 0 Å². The van der Waals surface area contributed by atoms with Gasteiger partial charge in [-0.1, -0.05) is 78.7 Å². The zero-order valence-corrected chi connectivity index (χ0v) is 61.9. The first kappa shape index (κ1) is 82.2. The van der Waals surface area contributed by atoms with Crippen LogP contribution in [-0.4, -0.2) is 278 Å². The highest BCUT2D eigenvalue weighted by atomic mass is 16.8. The van der Waals surface area contributed by atoms with Crippen LogP contribution in [0, 0.1) is 50.2 Å². The summed E-state index contributed by atoms with van der Waals surface area (Å²) in [6.07, 6.45) is -35.2. The van der Waals surface area contributed by atoms with Crippen molar-refractivity contribution >= 4 is 36.2 Å². The first-order valence-corrected chi connectivity index (χ1v) is 37.2. The van der Waals surface area contributed by atoms with Crippen LogP contribution in [-0.2, 0) is 85.6 Å². The molecule has 10 aliphatic rings. The van der Waals surface area contributed by atoms with Gasteiger partial charge in [-0.3, -0.25) is 9.59 Å². The molecule has 0 bridgehead atoms. The molecule has 5 aliphatic carbocycles. The van der Waals surface area contributed by atoms with Crippen LogP contribution >= 0.6 is 0 Å². The maximum atomic E-state index is 16.1. The normalized spacial score (nSPS) is 47.1. The van der Waals surface area contributed by atoms with E-state index in [2.05, 4.69) is 40.7 Å². The predicted molar refractivity (Wildman–Crippen MR) is 363 cm³/mol. The molecule has 0 unspecified atom stereocenters. The number of rotatable bonds is 21. The minimum absolute atomic E-state index is 0.0595. The standard InChI is InChI=1S/C75H110O31/c1-12-13-28-94-63(91)59-56(90)58(102-64-53(87)49(83)41(79)32-95-64)61(104-66-55(89)52(86)50(84)42(31-76)99-66)68(103-59)100-46-23-24-71(7)43(72(46,8)33-77)22-25-73(9)44(71)20-19-39-40-29-70(5,6)26-27-75(40,45(80)30-74(39,73)10)69(92)106-67-62(105-65-54(88)51(85)48(82)34(2)96-65)60(98-36(4)78)57(35(3)97-67)101-47(81)21-16-37-14-17-38(93-11)18-15-37/h14-19,21,33-35,40-46,48-62,64-68,76,79-80,82-90H,12-13,20,22-32H2,1-11H3/b21-16+/t34-,35+,40-,41+,42+,43+,44+,45+,46-,48-,49-,50-,51+,52-,53+,54+,55+,56-,57-,58-,59-,60-,61+,62+,64-,65-,66-,67-,68+,71-,72-,73+,74+,75+/m0/s1. The molecular formula is C75H110O31. The lowest BCUT2D eigenvalue weighted by atomic mass is 9.33. The van der Waals surface area contributed by atoms with Crippen molar-refractivity contribution in [3.63, 3.8) is 0 Å². The third-order valence-corrected chi connectivity index (χ3v) is 25.8. The fraction of sp³-hybridized carbons (Fsp3) is 0.800. The number of benzene rings is 1. The van der Waals surface area contributed by atoms with Gasteiger partial charge in [0.05, 0.1) is 56.8 Å². The highest BCUT2D eigenvalue weighted by molar-refractivity contribution is 5.87. The Morgan fingerprint density at radius 1 is 0.623 bits per heavy atom. The van der Waals surface area contributed by atoms with Gasteiger partial charge in [-0.25, -0.2) is 9.59 Å². The smallest absolute Gasteiger partial charge is 0.338 e. The Bertz CT molecular complexity index is 3320. The van der Waals surface area contributed by atoms with Crippen LogP contribution < -0.4 is 4.74 Å². The molecule has 5 saturated heterocycles. The number of fused-ring (bicyclic) bond motifs is 7. The van der Waals surface area contributed by atoms with E-state index in [1.807, 2.05) is 6.92 Å². The van der Waals surface area contributed by atoms with Crippen molar-refractivity contribution in [2.24, 2.45) is 50.2 Å². The second-order valence-corrected chi connectivity index (χ2v) is 32.7. The van der Waals surface area contributed by atoms with E-state index >= 15 is 4.79 Å². The quantitative estimate of drug-likeness (QED) is 0.0154. The minimum Gasteiger partial charge on any atom is -0.497 e. The fourth-order valence-electron chi connectivity index (χ4n) is 19.4. The average Bonchev–Trinajstić information content (AvgIpc) is 0.670. The molecule has 0 spiro atoms. The van der Waals surface area contributed by atoms with Gasteiger partial charge in [0, 0.05) is 13.0 Å². The summed E-state index contributed by atoms with van der Waals surface area (Å²) in [5.74, 6) is -4.49. The molecule has 0 radical (unpaired) electrons. The zero-order valence-electron chi connectivity index (χ0n) is 61.9. The number of carbonyl (C=O) groups excluding carboxylic acids is 5. The number of allylic oxidation sites excluding steroid dienone is 2. The first-order chi connectivity index (χ1) is 50.0. The van der Waals surface area contributed by atoms with E-state index in [0.717, 1.165) is 24.9 Å². The molecule has 5 heterocycles. The summed E-state index contributed by atoms with van der Waals surface area (Å²) < 4.78 is 85.5. The maximum absolute atomic E-state index is 16.1. The summed E-state index contributed by atoms with van der Waals surface area (Å²) in [6, 6.07) is 6.80. The molecule has 5 aliphatic heterocycles. The Kier molecular flexibility index (Phi) is 24.9. The number of methoxy groups -OCH3 is 1. The van der Waals surface area contributed by atoms with Crippen molar-refractivity contribution in [2.45, 2.75) is 299 Å². The number of hydrogen-bond donors (Lipinski definition) is 12. The van der Waals surface area contributed by atoms with Crippen molar-refractivity contribution < 1.29 is 152 Å². The molecule has 0 aromatic heterocycles. The molecule has 9 fully saturated rings. The summed E-state index contributed by atoms with van der Waals surface area (Å²) in [4.78, 5) is 71.6. The van der Waals surface area contributed by atoms with Crippen molar-refractivity contribution in [2.75, 3.05) is 26.9 Å². The predicted octanol–water partition coefficient (Wildman–Crippen LogP) is 0.828. The lowest BCUT2D eigenvalue weighted by Crippen LogP contribution is -2.69. The maximum Gasteiger partial charge on any atom is 0.338 e. The molecule has 12 N–H and O–H groups in total. The van der Waals surface area contributed by atoms with E-state index in [1.54, 1.807) is 31.2 Å². The Morgan fingerprint density at radius 3 is 1.92 bits per heavy atom. The van der Waals surface area contributed by atoms with Crippen molar-refractivity contribution in [1.82, 2.24) is 0 Å². The first-order valence-electron chi connectivity index (χ1n) is 37.2. The molecule has 31 nitrogen and oxygen atoms in total. The average molecular weight is 1510 g/mol. The SMILES string of the molecule is CCCCOC(=O)[C@H]1O[C@@H](O[C@H]2CC[C@]3(C)[C@H]4CC=C5[C@@H]6CC(C)(C)CC[C@]6(C(=O)O[C@@H]6O[C@H](C)[C@H](OC(=O)/C=C/c7ccc(OC)cc7)[C@H](OC(C)=O)[C@H]6O[C@@H]6O[C@@H](C)[C@H](O)[C@@H](O)[C@H]6O)[C@H](O)C[C@@]5(C)[C@]4(C)CC[C@H]3[C@]2(C)C=O)[C@H](O[C@@H]2O[C@H](CO)[C@H](O)[C@H](O)[C@H]2O)[C@@H](O[C@@H]2OC[C@@H](O)[C@H](O)[C@H]2O)[C@@H]1O. The third-order valence-electron chi connectivity index (χ3n) is 25.8. The highest BCUT2D eigenvalue weighted by Crippen LogP contribution is 2.76. The Hall–Kier alpha value is -4.79. The topological polar surface area (TPSA) is 457 Å². The minimum atomic E-state index is -2.08. The Labute approximate surface area is 615 Å². The number of esters is 4. The Balaban J connectivity index is 0.899. The van der Waals surface area contributed by atoms with E-state index in [9.17, 15) is 80.5 Å². The highest BCUT2D eigenvalue weighted by Gasteiger charge is 2.73. The van der Waals surface area contributed by atoms with E-state index in [-0.39, 0.29) is 31.8 Å². The summed E-state index contributed by atoms with van der Waals surface area (Å²) in [5.41, 5.74) is -4.08. The van der Waals surface area contributed by atoms with Crippen molar-refractivity contribution in [3.05, 3.63) is 47.6 Å².